The third-order valence-corrected chi connectivity index (χ3v) is 7.03. The molecule has 0 spiro atoms. The second-order valence-corrected chi connectivity index (χ2v) is 10.5. The number of hydrogen-bond donors (Lipinski definition) is 0. The summed E-state index contributed by atoms with van der Waals surface area (Å²) in [4.78, 5) is 32.0. The topological polar surface area (TPSA) is 88.1 Å². The summed E-state index contributed by atoms with van der Waals surface area (Å²) in [6.45, 7) is 9.11. The molecule has 0 atom stereocenters. The monoisotopic (exact) mass is 529 g/mol. The lowest BCUT2D eigenvalue weighted by Crippen LogP contribution is -2.52. The van der Waals surface area contributed by atoms with Crippen molar-refractivity contribution in [3.05, 3.63) is 65.7 Å². The van der Waals surface area contributed by atoms with Crippen molar-refractivity contribution in [3.8, 4) is 22.8 Å². The van der Waals surface area contributed by atoms with Crippen molar-refractivity contribution in [3.63, 3.8) is 0 Å². The van der Waals surface area contributed by atoms with Gasteiger partial charge in [-0.05, 0) is 42.7 Å². The van der Waals surface area contributed by atoms with E-state index in [1.54, 1.807) is 4.90 Å². The van der Waals surface area contributed by atoms with Gasteiger partial charge in [-0.25, -0.2) is 0 Å². The van der Waals surface area contributed by atoms with Gasteiger partial charge in [0.1, 0.15) is 6.54 Å². The molecule has 9 nitrogen and oxygen atoms in total. The third-order valence-electron chi connectivity index (χ3n) is 7.03. The number of aryl methyl sites for hydroxylation is 1. The van der Waals surface area contributed by atoms with E-state index in [-0.39, 0.29) is 31.1 Å². The summed E-state index contributed by atoms with van der Waals surface area (Å²) in [5, 5.41) is 8.86. The zero-order valence-electron chi connectivity index (χ0n) is 22.8. The zero-order valence-corrected chi connectivity index (χ0v) is 22.8. The maximum absolute atomic E-state index is 13.3. The molecule has 1 aromatic heterocycles. The highest BCUT2D eigenvalue weighted by Gasteiger charge is 2.26. The van der Waals surface area contributed by atoms with Crippen molar-refractivity contribution in [1.29, 1.82) is 0 Å². The van der Waals surface area contributed by atoms with Crippen molar-refractivity contribution in [2.24, 2.45) is 5.92 Å². The third kappa shape index (κ3) is 6.47. The summed E-state index contributed by atoms with van der Waals surface area (Å²) in [7, 11) is 0. The fourth-order valence-electron chi connectivity index (χ4n) is 4.79. The van der Waals surface area contributed by atoms with Crippen molar-refractivity contribution in [2.45, 2.75) is 33.7 Å². The lowest BCUT2D eigenvalue weighted by atomic mass is 10.1. The Morgan fingerprint density at radius 3 is 2.36 bits per heavy atom. The quantitative estimate of drug-likeness (QED) is 0.437. The van der Waals surface area contributed by atoms with Gasteiger partial charge in [-0.2, -0.15) is 0 Å². The number of carbonyl (C=O) groups excluding carboxylic acids is 2. The number of amides is 2. The molecule has 0 aliphatic carbocycles. The molecule has 9 heteroatoms. The Morgan fingerprint density at radius 2 is 1.67 bits per heavy atom. The minimum Gasteiger partial charge on any atom is -0.454 e. The van der Waals surface area contributed by atoms with Crippen molar-refractivity contribution in [2.75, 3.05) is 44.4 Å². The van der Waals surface area contributed by atoms with Gasteiger partial charge in [0.05, 0.1) is 5.69 Å². The van der Waals surface area contributed by atoms with Gasteiger partial charge < -0.3 is 24.2 Å². The molecular formula is C30H35N5O4. The molecule has 0 N–H and O–H groups in total. The first-order chi connectivity index (χ1) is 18.9. The van der Waals surface area contributed by atoms with E-state index in [0.29, 0.717) is 50.6 Å². The van der Waals surface area contributed by atoms with Crippen LogP contribution in [0.2, 0.25) is 0 Å². The van der Waals surface area contributed by atoms with Gasteiger partial charge in [-0.15, -0.1) is 10.2 Å². The molecule has 1 saturated heterocycles. The molecule has 2 aromatic carbocycles. The van der Waals surface area contributed by atoms with Gasteiger partial charge in [0.2, 0.25) is 18.6 Å². The Kier molecular flexibility index (Phi) is 7.95. The molecule has 0 saturated carbocycles. The molecule has 5 rings (SSSR count). The Labute approximate surface area is 229 Å². The summed E-state index contributed by atoms with van der Waals surface area (Å²) in [6.07, 6.45) is 0.392. The predicted molar refractivity (Wildman–Crippen MR) is 148 cm³/mol. The zero-order chi connectivity index (χ0) is 27.4. The fourth-order valence-corrected chi connectivity index (χ4v) is 4.79. The molecule has 2 aliphatic heterocycles. The molecule has 3 aromatic rings. The van der Waals surface area contributed by atoms with Crippen LogP contribution in [0.25, 0.3) is 11.3 Å². The van der Waals surface area contributed by atoms with E-state index in [1.165, 1.54) is 5.56 Å². The van der Waals surface area contributed by atoms with Crippen molar-refractivity contribution in [1.82, 2.24) is 20.0 Å². The van der Waals surface area contributed by atoms with E-state index in [9.17, 15) is 9.59 Å². The highest BCUT2D eigenvalue weighted by atomic mass is 16.7. The van der Waals surface area contributed by atoms with Gasteiger partial charge in [0, 0.05) is 44.7 Å². The highest BCUT2D eigenvalue weighted by molar-refractivity contribution is 5.85. The van der Waals surface area contributed by atoms with Gasteiger partial charge in [-0.1, -0.05) is 49.7 Å². The molecule has 2 aliphatic rings. The number of hydrogen-bond acceptors (Lipinski definition) is 7. The standard InChI is InChI=1S/C30H35N5O4/c1-21(2)16-29(36)35(18-23-6-10-26-27(17-23)39-20-38-26)19-30(37)34-14-12-33(13-15-34)28-11-9-25(31-32-28)24-7-4-22(3)5-8-24/h4-11,17,21H,12-16,18-20H2,1-3H3. The number of ether oxygens (including phenoxy) is 2. The second kappa shape index (κ2) is 11.7. The van der Waals surface area contributed by atoms with Crippen LogP contribution in [0.4, 0.5) is 5.82 Å². The number of rotatable bonds is 8. The number of piperazine rings is 1. The molecule has 0 unspecified atom stereocenters. The first-order valence-corrected chi connectivity index (χ1v) is 13.5. The minimum absolute atomic E-state index is 0.0291. The lowest BCUT2D eigenvalue weighted by molar-refractivity contribution is -0.141. The normalized spacial score (nSPS) is 14.6. The molecule has 39 heavy (non-hydrogen) atoms. The minimum atomic E-state index is -0.0479. The summed E-state index contributed by atoms with van der Waals surface area (Å²) in [5.74, 6) is 2.29. The van der Waals surface area contributed by atoms with Crippen LogP contribution >= 0.6 is 0 Å². The van der Waals surface area contributed by atoms with Crippen LogP contribution in [-0.4, -0.2) is 71.3 Å². The van der Waals surface area contributed by atoms with Crippen molar-refractivity contribution >= 4 is 17.6 Å². The number of carbonyl (C=O) groups is 2. The van der Waals surface area contributed by atoms with Crippen LogP contribution in [0.15, 0.2) is 54.6 Å². The molecule has 3 heterocycles. The van der Waals surface area contributed by atoms with Crippen molar-refractivity contribution < 1.29 is 19.1 Å². The molecular weight excluding hydrogens is 494 g/mol. The van der Waals surface area contributed by atoms with Crippen LogP contribution < -0.4 is 14.4 Å². The number of aromatic nitrogens is 2. The Bertz CT molecular complexity index is 1300. The first-order valence-electron chi connectivity index (χ1n) is 13.5. The predicted octanol–water partition coefficient (Wildman–Crippen LogP) is 3.90. The smallest absolute Gasteiger partial charge is 0.242 e. The largest absolute Gasteiger partial charge is 0.454 e. The average molecular weight is 530 g/mol. The number of benzene rings is 2. The van der Waals surface area contributed by atoms with E-state index in [4.69, 9.17) is 9.47 Å². The summed E-state index contributed by atoms with van der Waals surface area (Å²) in [6, 6.07) is 17.8. The van der Waals surface area contributed by atoms with Crippen LogP contribution in [0.5, 0.6) is 11.5 Å². The van der Waals surface area contributed by atoms with Crippen LogP contribution in [0.1, 0.15) is 31.4 Å². The van der Waals surface area contributed by atoms with Crippen LogP contribution in [0.3, 0.4) is 0 Å². The van der Waals surface area contributed by atoms with E-state index >= 15 is 0 Å². The van der Waals surface area contributed by atoms with Gasteiger partial charge in [0.25, 0.3) is 0 Å². The van der Waals surface area contributed by atoms with Crippen LogP contribution in [0, 0.1) is 12.8 Å². The summed E-state index contributed by atoms with van der Waals surface area (Å²) in [5.41, 5.74) is 3.98. The molecule has 0 radical (unpaired) electrons. The number of anilines is 1. The Balaban J connectivity index is 1.19. The Morgan fingerprint density at radius 1 is 0.923 bits per heavy atom. The van der Waals surface area contributed by atoms with E-state index in [0.717, 1.165) is 22.6 Å². The average Bonchev–Trinajstić information content (AvgIpc) is 3.41. The molecule has 204 valence electrons. The highest BCUT2D eigenvalue weighted by Crippen LogP contribution is 2.33. The summed E-state index contributed by atoms with van der Waals surface area (Å²) >= 11 is 0. The Hall–Kier alpha value is -4.14. The van der Waals surface area contributed by atoms with E-state index in [1.807, 2.05) is 61.2 Å². The fraction of sp³-hybridized carbons (Fsp3) is 0.400. The lowest BCUT2D eigenvalue weighted by Gasteiger charge is -2.36. The molecule has 1 fully saturated rings. The van der Waals surface area contributed by atoms with Gasteiger partial charge in [0.15, 0.2) is 17.3 Å². The SMILES string of the molecule is Cc1ccc(-c2ccc(N3CCN(C(=O)CN(Cc4ccc5c(c4)OCO5)C(=O)CC(C)C)CC3)nn2)cc1. The molecule has 0 bridgehead atoms. The number of fused-ring (bicyclic) bond motifs is 1. The number of nitrogens with zero attached hydrogens (tertiary/aromatic N) is 5. The first kappa shape index (κ1) is 26.5. The maximum Gasteiger partial charge on any atom is 0.242 e. The van der Waals surface area contributed by atoms with Gasteiger partial charge >= 0.3 is 0 Å². The second-order valence-electron chi connectivity index (χ2n) is 10.5. The molecule has 2 amide bonds. The van der Waals surface area contributed by atoms with E-state index < -0.39 is 0 Å². The van der Waals surface area contributed by atoms with Gasteiger partial charge in [-0.3, -0.25) is 9.59 Å². The van der Waals surface area contributed by atoms with E-state index in [2.05, 4.69) is 34.2 Å². The van der Waals surface area contributed by atoms with Crippen LogP contribution in [-0.2, 0) is 16.1 Å². The maximum atomic E-state index is 13.3. The summed E-state index contributed by atoms with van der Waals surface area (Å²) < 4.78 is 10.9.